The van der Waals surface area contributed by atoms with Crippen LogP contribution in [0.25, 0.3) is 0 Å². The Kier molecular flexibility index (Phi) is 4.37. The van der Waals surface area contributed by atoms with Gasteiger partial charge < -0.3 is 15.4 Å². The number of hydrogen-bond acceptors (Lipinski definition) is 3. The molecule has 5 heteroatoms. The van der Waals surface area contributed by atoms with Gasteiger partial charge in [-0.25, -0.2) is 4.39 Å². The lowest BCUT2D eigenvalue weighted by molar-refractivity contribution is -0.114. The highest BCUT2D eigenvalue weighted by molar-refractivity contribution is 5.89. The largest absolute Gasteiger partial charge is 0.382 e. The van der Waals surface area contributed by atoms with E-state index < -0.39 is 5.82 Å². The summed E-state index contributed by atoms with van der Waals surface area (Å²) in [5.41, 5.74) is 1.02. The molecule has 2 atom stereocenters. The highest BCUT2D eigenvalue weighted by Gasteiger charge is 2.19. The lowest BCUT2D eigenvalue weighted by Crippen LogP contribution is -2.32. The summed E-state index contributed by atoms with van der Waals surface area (Å²) >= 11 is 0. The van der Waals surface area contributed by atoms with E-state index in [1.165, 1.54) is 13.0 Å². The molecule has 1 aromatic carbocycles. The minimum absolute atomic E-state index is 0.206. The summed E-state index contributed by atoms with van der Waals surface area (Å²) in [6.45, 7) is 4.14. The maximum Gasteiger partial charge on any atom is 0.221 e. The second kappa shape index (κ2) is 6.02. The Morgan fingerprint density at radius 2 is 2.26 bits per heavy atom. The fourth-order valence-electron chi connectivity index (χ4n) is 2.27. The standard InChI is InChI=1S/C14H19FN2O2/c1-9-7-12(5-6-19-9)17-11-3-4-13(15)14(8-11)16-10(2)18/h3-4,8-9,12,17H,5-7H2,1-2H3,(H,16,18). The van der Waals surface area contributed by atoms with Crippen LogP contribution in [0, 0.1) is 5.82 Å². The van der Waals surface area contributed by atoms with Gasteiger partial charge in [-0.05, 0) is 38.0 Å². The van der Waals surface area contributed by atoms with Crippen molar-refractivity contribution in [3.63, 3.8) is 0 Å². The van der Waals surface area contributed by atoms with E-state index in [4.69, 9.17) is 4.74 Å². The van der Waals surface area contributed by atoms with Crippen LogP contribution in [0.15, 0.2) is 18.2 Å². The molecule has 0 aliphatic carbocycles. The van der Waals surface area contributed by atoms with Crippen LogP contribution in [0.4, 0.5) is 15.8 Å². The smallest absolute Gasteiger partial charge is 0.221 e. The lowest BCUT2D eigenvalue weighted by Gasteiger charge is -2.28. The SMILES string of the molecule is CC(=O)Nc1cc(NC2CCOC(C)C2)ccc1F. The number of hydrogen-bond donors (Lipinski definition) is 2. The van der Waals surface area contributed by atoms with Gasteiger partial charge in [0.25, 0.3) is 0 Å². The third kappa shape index (κ3) is 3.92. The zero-order valence-electron chi connectivity index (χ0n) is 11.2. The van der Waals surface area contributed by atoms with Gasteiger partial charge in [0.05, 0.1) is 11.8 Å². The number of anilines is 2. The van der Waals surface area contributed by atoms with Gasteiger partial charge in [-0.3, -0.25) is 4.79 Å². The molecule has 2 rings (SSSR count). The summed E-state index contributed by atoms with van der Waals surface area (Å²) in [4.78, 5) is 11.0. The lowest BCUT2D eigenvalue weighted by atomic mass is 10.0. The summed E-state index contributed by atoms with van der Waals surface area (Å²) < 4.78 is 19.0. The molecule has 0 spiro atoms. The molecule has 19 heavy (non-hydrogen) atoms. The molecule has 1 saturated heterocycles. The molecular formula is C14H19FN2O2. The first-order valence-electron chi connectivity index (χ1n) is 6.50. The highest BCUT2D eigenvalue weighted by Crippen LogP contribution is 2.23. The van der Waals surface area contributed by atoms with Crippen molar-refractivity contribution in [2.24, 2.45) is 0 Å². The van der Waals surface area contributed by atoms with Gasteiger partial charge in [-0.2, -0.15) is 0 Å². The first kappa shape index (κ1) is 13.8. The molecule has 1 heterocycles. The van der Waals surface area contributed by atoms with Gasteiger partial charge in [0, 0.05) is 25.3 Å². The Hall–Kier alpha value is -1.62. The van der Waals surface area contributed by atoms with Gasteiger partial charge in [-0.1, -0.05) is 0 Å². The van der Waals surface area contributed by atoms with Crippen molar-refractivity contribution in [3.05, 3.63) is 24.0 Å². The number of carbonyl (C=O) groups excluding carboxylic acids is 1. The number of nitrogens with one attached hydrogen (secondary N) is 2. The van der Waals surface area contributed by atoms with E-state index in [2.05, 4.69) is 10.6 Å². The Bertz CT molecular complexity index is 465. The van der Waals surface area contributed by atoms with Crippen LogP contribution >= 0.6 is 0 Å². The second-order valence-electron chi connectivity index (χ2n) is 4.92. The average molecular weight is 266 g/mol. The monoisotopic (exact) mass is 266 g/mol. The van der Waals surface area contributed by atoms with E-state index in [9.17, 15) is 9.18 Å². The zero-order chi connectivity index (χ0) is 13.8. The number of rotatable bonds is 3. The van der Waals surface area contributed by atoms with Crippen molar-refractivity contribution in [2.45, 2.75) is 38.8 Å². The molecule has 1 fully saturated rings. The van der Waals surface area contributed by atoms with Crippen molar-refractivity contribution in [2.75, 3.05) is 17.2 Å². The van der Waals surface area contributed by atoms with Gasteiger partial charge in [0.1, 0.15) is 5.82 Å². The Balaban J connectivity index is 2.05. The molecule has 2 N–H and O–H groups in total. The predicted octanol–water partition coefficient (Wildman–Crippen LogP) is 2.76. The van der Waals surface area contributed by atoms with Crippen LogP contribution in [0.3, 0.4) is 0 Å². The Labute approximate surface area is 112 Å². The maximum atomic E-state index is 13.5. The number of ether oxygens (including phenoxy) is 1. The summed E-state index contributed by atoms with van der Waals surface area (Å²) in [6, 6.07) is 4.98. The van der Waals surface area contributed by atoms with Crippen molar-refractivity contribution >= 4 is 17.3 Å². The van der Waals surface area contributed by atoms with E-state index >= 15 is 0 Å². The van der Waals surface area contributed by atoms with Crippen LogP contribution in [-0.2, 0) is 9.53 Å². The average Bonchev–Trinajstić information content (AvgIpc) is 2.33. The van der Waals surface area contributed by atoms with E-state index in [1.807, 2.05) is 6.92 Å². The van der Waals surface area contributed by atoms with E-state index in [1.54, 1.807) is 12.1 Å². The first-order valence-corrected chi connectivity index (χ1v) is 6.50. The number of amides is 1. The maximum absolute atomic E-state index is 13.5. The predicted molar refractivity (Wildman–Crippen MR) is 72.8 cm³/mol. The van der Waals surface area contributed by atoms with Crippen molar-refractivity contribution in [1.82, 2.24) is 0 Å². The topological polar surface area (TPSA) is 50.4 Å². The van der Waals surface area contributed by atoms with Gasteiger partial charge in [-0.15, -0.1) is 0 Å². The molecule has 104 valence electrons. The second-order valence-corrected chi connectivity index (χ2v) is 4.92. The minimum atomic E-state index is -0.430. The molecule has 1 aliphatic rings. The van der Waals surface area contributed by atoms with Crippen molar-refractivity contribution in [3.8, 4) is 0 Å². The molecule has 0 radical (unpaired) electrons. The molecule has 1 amide bonds. The highest BCUT2D eigenvalue weighted by atomic mass is 19.1. The minimum Gasteiger partial charge on any atom is -0.382 e. The van der Waals surface area contributed by atoms with Gasteiger partial charge in [0.15, 0.2) is 0 Å². The number of carbonyl (C=O) groups is 1. The van der Waals surface area contributed by atoms with Crippen LogP contribution in [0.2, 0.25) is 0 Å². The van der Waals surface area contributed by atoms with Crippen LogP contribution in [-0.4, -0.2) is 24.7 Å². The fraction of sp³-hybridized carbons (Fsp3) is 0.500. The molecule has 0 aromatic heterocycles. The normalized spacial score (nSPS) is 22.9. The molecule has 0 saturated carbocycles. The van der Waals surface area contributed by atoms with Crippen LogP contribution < -0.4 is 10.6 Å². The third-order valence-corrected chi connectivity index (χ3v) is 3.13. The molecule has 4 nitrogen and oxygen atoms in total. The summed E-state index contributed by atoms with van der Waals surface area (Å²) in [5.74, 6) is -0.711. The fourth-order valence-corrected chi connectivity index (χ4v) is 2.27. The number of halogens is 1. The van der Waals surface area contributed by atoms with E-state index in [0.29, 0.717) is 6.04 Å². The van der Waals surface area contributed by atoms with Crippen molar-refractivity contribution in [1.29, 1.82) is 0 Å². The third-order valence-electron chi connectivity index (χ3n) is 3.13. The summed E-state index contributed by atoms with van der Waals surface area (Å²) in [6.07, 6.45) is 2.09. The van der Waals surface area contributed by atoms with Crippen LogP contribution in [0.5, 0.6) is 0 Å². The van der Waals surface area contributed by atoms with Gasteiger partial charge >= 0.3 is 0 Å². The first-order chi connectivity index (χ1) is 9.04. The Morgan fingerprint density at radius 3 is 2.95 bits per heavy atom. The molecule has 1 aliphatic heterocycles. The molecular weight excluding hydrogens is 247 g/mol. The van der Waals surface area contributed by atoms with E-state index in [-0.39, 0.29) is 17.7 Å². The zero-order valence-corrected chi connectivity index (χ0v) is 11.2. The molecule has 0 bridgehead atoms. The Morgan fingerprint density at radius 1 is 1.47 bits per heavy atom. The summed E-state index contributed by atoms with van der Waals surface area (Å²) in [7, 11) is 0. The van der Waals surface area contributed by atoms with Crippen molar-refractivity contribution < 1.29 is 13.9 Å². The molecule has 2 unspecified atom stereocenters. The quantitative estimate of drug-likeness (QED) is 0.884. The van der Waals surface area contributed by atoms with Crippen LogP contribution in [0.1, 0.15) is 26.7 Å². The van der Waals surface area contributed by atoms with Gasteiger partial charge in [0.2, 0.25) is 5.91 Å². The number of benzene rings is 1. The van der Waals surface area contributed by atoms with E-state index in [0.717, 1.165) is 25.1 Å². The summed E-state index contributed by atoms with van der Waals surface area (Å²) in [5, 5.41) is 5.84. The molecule has 1 aromatic rings.